The van der Waals surface area contributed by atoms with Crippen LogP contribution in [-0.4, -0.2) is 30.0 Å². The molecule has 0 amide bonds. The van der Waals surface area contributed by atoms with Gasteiger partial charge in [-0.25, -0.2) is 0 Å². The van der Waals surface area contributed by atoms with Crippen molar-refractivity contribution in [3.05, 3.63) is 0 Å². The Morgan fingerprint density at radius 3 is 1.10 bits per heavy atom. The third-order valence-electron chi connectivity index (χ3n) is 1.73. The lowest BCUT2D eigenvalue weighted by molar-refractivity contribution is 1.02. The van der Waals surface area contributed by atoms with Crippen molar-refractivity contribution in [2.45, 2.75) is 32.7 Å². The Kier molecular flexibility index (Phi) is 7.98. The highest BCUT2D eigenvalue weighted by atomic mass is 29.2. The summed E-state index contributed by atoms with van der Waals surface area (Å²) in [6.45, 7) is 12.3. The molecule has 0 bridgehead atoms. The van der Waals surface area contributed by atoms with Gasteiger partial charge in [0, 0.05) is 15.9 Å². The van der Waals surface area contributed by atoms with E-state index in [0.717, 1.165) is 0 Å². The van der Waals surface area contributed by atoms with E-state index in [0.29, 0.717) is 0 Å². The third kappa shape index (κ3) is 11.2. The van der Waals surface area contributed by atoms with Gasteiger partial charge in [0.25, 0.3) is 0 Å². The first-order chi connectivity index (χ1) is 4.36. The van der Waals surface area contributed by atoms with Gasteiger partial charge in [-0.1, -0.05) is 32.7 Å². The Morgan fingerprint density at radius 2 is 1.10 bits per heavy atom. The van der Waals surface area contributed by atoms with Crippen LogP contribution in [0, 0.1) is 0 Å². The molecule has 0 saturated carbocycles. The van der Waals surface area contributed by atoms with Gasteiger partial charge in [0.1, 0.15) is 0 Å². The molecular weight excluding hydrogens is 154 g/mol. The fourth-order valence-corrected chi connectivity index (χ4v) is 0. The smallest absolute Gasteiger partial charge is 0.0343 e. The number of hydrogen-bond donors (Lipinski definition) is 1. The maximum Gasteiger partial charge on any atom is 0.0343 e. The van der Waals surface area contributed by atoms with Crippen LogP contribution in [0.1, 0.15) is 0 Å². The SMILES string of the molecule is CNC.C[SiH](C)[Si](C)(C)C. The van der Waals surface area contributed by atoms with Gasteiger partial charge in [-0.05, 0) is 14.1 Å². The summed E-state index contributed by atoms with van der Waals surface area (Å²) in [5.41, 5.74) is 0. The number of rotatable bonds is 1. The highest BCUT2D eigenvalue weighted by molar-refractivity contribution is 7.30. The molecule has 1 N–H and O–H groups in total. The fourth-order valence-electron chi connectivity index (χ4n) is 0. The predicted molar refractivity (Wildman–Crippen MR) is 57.2 cm³/mol. The Hall–Kier alpha value is 0.394. The topological polar surface area (TPSA) is 12.0 Å². The van der Waals surface area contributed by atoms with Crippen molar-refractivity contribution < 1.29 is 0 Å². The van der Waals surface area contributed by atoms with Gasteiger partial charge in [0.05, 0.1) is 0 Å². The molecule has 0 unspecified atom stereocenters. The van der Waals surface area contributed by atoms with E-state index in [1.165, 1.54) is 0 Å². The van der Waals surface area contributed by atoms with Crippen LogP contribution in [0.25, 0.3) is 0 Å². The minimum Gasteiger partial charge on any atom is -0.323 e. The maximum absolute atomic E-state index is 2.75. The molecule has 3 heteroatoms. The predicted octanol–water partition coefficient (Wildman–Crippen LogP) is 1.73. The van der Waals surface area contributed by atoms with E-state index in [2.05, 4.69) is 38.1 Å². The van der Waals surface area contributed by atoms with Crippen LogP contribution < -0.4 is 5.32 Å². The minimum absolute atomic E-state index is 0.220. The van der Waals surface area contributed by atoms with Crippen LogP contribution in [0.4, 0.5) is 0 Å². The molecular formula is C7H23NSi2. The molecule has 0 saturated heterocycles. The highest BCUT2D eigenvalue weighted by Gasteiger charge is 2.17. The molecule has 10 heavy (non-hydrogen) atoms. The van der Waals surface area contributed by atoms with E-state index in [-0.39, 0.29) is 8.31 Å². The van der Waals surface area contributed by atoms with Crippen molar-refractivity contribution in [3.63, 3.8) is 0 Å². The number of hydrogen-bond acceptors (Lipinski definition) is 1. The third-order valence-corrected chi connectivity index (χ3v) is 15.6. The molecule has 0 spiro atoms. The summed E-state index contributed by atoms with van der Waals surface area (Å²) in [4.78, 5) is 0. The van der Waals surface area contributed by atoms with E-state index in [9.17, 15) is 0 Å². The molecule has 0 aliphatic rings. The molecule has 0 radical (unpaired) electrons. The van der Waals surface area contributed by atoms with Crippen LogP contribution in [0.15, 0.2) is 0 Å². The van der Waals surface area contributed by atoms with Gasteiger partial charge in [-0.3, -0.25) is 0 Å². The molecule has 64 valence electrons. The van der Waals surface area contributed by atoms with Gasteiger partial charge < -0.3 is 5.32 Å². The molecule has 0 fully saturated rings. The standard InChI is InChI=1S/C5H16Si2.C2H7N/c1-6(2)7(3,4)5;1-3-2/h6H,1-5H3;3H,1-2H3. The van der Waals surface area contributed by atoms with Crippen molar-refractivity contribution >= 4 is 15.9 Å². The van der Waals surface area contributed by atoms with E-state index >= 15 is 0 Å². The monoisotopic (exact) mass is 177 g/mol. The summed E-state index contributed by atoms with van der Waals surface area (Å²) in [7, 11) is 2.93. The summed E-state index contributed by atoms with van der Waals surface area (Å²) in [6.07, 6.45) is 0. The van der Waals surface area contributed by atoms with E-state index in [4.69, 9.17) is 0 Å². The van der Waals surface area contributed by atoms with Gasteiger partial charge >= 0.3 is 0 Å². The summed E-state index contributed by atoms with van der Waals surface area (Å²) in [6, 6.07) is 0. The first kappa shape index (κ1) is 13.0. The summed E-state index contributed by atoms with van der Waals surface area (Å²) < 4.78 is 0. The van der Waals surface area contributed by atoms with E-state index in [1.54, 1.807) is 0 Å². The molecule has 1 nitrogen and oxygen atoms in total. The molecule has 0 aromatic heterocycles. The van der Waals surface area contributed by atoms with Gasteiger partial charge in [0.15, 0.2) is 0 Å². The van der Waals surface area contributed by atoms with E-state index in [1.807, 2.05) is 14.1 Å². The van der Waals surface area contributed by atoms with Crippen LogP contribution in [0.5, 0.6) is 0 Å². The zero-order valence-electron chi connectivity index (χ0n) is 8.58. The molecule has 0 aliphatic heterocycles. The first-order valence-corrected chi connectivity index (χ1v) is 11.6. The minimum atomic E-state index is -0.596. The Bertz CT molecular complexity index is 66.5. The lowest BCUT2D eigenvalue weighted by atomic mass is 11.3. The van der Waals surface area contributed by atoms with Gasteiger partial charge in [-0.15, -0.1) is 0 Å². The Morgan fingerprint density at radius 1 is 1.00 bits per heavy atom. The Balaban J connectivity index is 0. The lowest BCUT2D eigenvalue weighted by Crippen LogP contribution is -2.37. The molecule has 0 aromatic rings. The Labute approximate surface area is 68.6 Å². The van der Waals surface area contributed by atoms with Crippen molar-refractivity contribution in [1.82, 2.24) is 5.32 Å². The second-order valence-electron chi connectivity index (χ2n) is 4.02. The average Bonchev–Trinajstić information content (AvgIpc) is 1.64. The van der Waals surface area contributed by atoms with Crippen LogP contribution >= 0.6 is 0 Å². The molecule has 0 atom stereocenters. The van der Waals surface area contributed by atoms with Crippen molar-refractivity contribution in [1.29, 1.82) is 0 Å². The molecule has 0 aromatic carbocycles. The maximum atomic E-state index is 2.75. The van der Waals surface area contributed by atoms with Gasteiger partial charge in [0.2, 0.25) is 0 Å². The average molecular weight is 177 g/mol. The van der Waals surface area contributed by atoms with Crippen molar-refractivity contribution in [2.24, 2.45) is 0 Å². The van der Waals surface area contributed by atoms with Crippen molar-refractivity contribution in [2.75, 3.05) is 14.1 Å². The first-order valence-electron chi connectivity index (χ1n) is 3.94. The van der Waals surface area contributed by atoms with Crippen LogP contribution in [-0.2, 0) is 0 Å². The molecule has 0 rings (SSSR count). The normalized spacial score (nSPS) is 10.8. The number of nitrogens with one attached hydrogen (secondary N) is 1. The zero-order chi connectivity index (χ0) is 8.78. The fraction of sp³-hybridized carbons (Fsp3) is 1.00. The second kappa shape index (κ2) is 6.13. The van der Waals surface area contributed by atoms with Crippen LogP contribution in [0.3, 0.4) is 0 Å². The van der Waals surface area contributed by atoms with Crippen molar-refractivity contribution in [3.8, 4) is 0 Å². The summed E-state index contributed by atoms with van der Waals surface area (Å²) in [5, 5.41) is 2.75. The second-order valence-corrected chi connectivity index (χ2v) is 19.7. The van der Waals surface area contributed by atoms with Gasteiger partial charge in [-0.2, -0.15) is 0 Å². The summed E-state index contributed by atoms with van der Waals surface area (Å²) >= 11 is 0. The lowest BCUT2D eigenvalue weighted by Gasteiger charge is -2.18. The van der Waals surface area contributed by atoms with Crippen LogP contribution in [0.2, 0.25) is 32.7 Å². The molecule has 0 aliphatic carbocycles. The van der Waals surface area contributed by atoms with E-state index < -0.39 is 7.59 Å². The largest absolute Gasteiger partial charge is 0.323 e. The molecule has 0 heterocycles. The quantitative estimate of drug-likeness (QED) is 0.602. The summed E-state index contributed by atoms with van der Waals surface area (Å²) in [5.74, 6) is 0. The zero-order valence-corrected chi connectivity index (χ0v) is 10.7. The highest BCUT2D eigenvalue weighted by Crippen LogP contribution is 2.04.